The van der Waals surface area contributed by atoms with Crippen LogP contribution in [-0.2, 0) is 0 Å². The molecule has 0 aliphatic heterocycles. The molecule has 2 radical (unpaired) electrons. The van der Waals surface area contributed by atoms with E-state index in [-0.39, 0.29) is 18.2 Å². The van der Waals surface area contributed by atoms with Crippen molar-refractivity contribution in [1.82, 2.24) is 0 Å². The maximum absolute atomic E-state index is 12.5. The molecule has 0 amide bonds. The summed E-state index contributed by atoms with van der Waals surface area (Å²) in [6.45, 7) is 5.84. The second-order valence-electron chi connectivity index (χ2n) is 3.51. The van der Waals surface area contributed by atoms with Crippen LogP contribution in [0.4, 0.5) is 8.78 Å². The molecule has 0 aromatic heterocycles. The first-order valence-electron chi connectivity index (χ1n) is 4.58. The van der Waals surface area contributed by atoms with Crippen molar-refractivity contribution in [3.05, 3.63) is 0 Å². The van der Waals surface area contributed by atoms with Crippen molar-refractivity contribution in [2.24, 2.45) is 0 Å². The lowest BCUT2D eigenvalue weighted by Gasteiger charge is -2.34. The molecule has 0 aromatic rings. The van der Waals surface area contributed by atoms with Crippen molar-refractivity contribution in [2.75, 3.05) is 0 Å². The van der Waals surface area contributed by atoms with Crippen molar-refractivity contribution in [2.45, 2.75) is 57.7 Å². The summed E-state index contributed by atoms with van der Waals surface area (Å²) in [5.41, 5.74) is 0. The van der Waals surface area contributed by atoms with Crippen LogP contribution in [0.25, 0.3) is 0 Å². The van der Waals surface area contributed by atoms with Gasteiger partial charge in [-0.3, -0.25) is 0 Å². The quantitative estimate of drug-likeness (QED) is 0.492. The van der Waals surface area contributed by atoms with Crippen LogP contribution in [0, 0.1) is 0 Å². The van der Waals surface area contributed by atoms with Crippen LogP contribution in [0.2, 0.25) is 5.31 Å². The molecule has 0 unspecified atom stereocenters. The Morgan fingerprint density at radius 2 is 1.33 bits per heavy atom. The van der Waals surface area contributed by atoms with Crippen molar-refractivity contribution in [1.29, 1.82) is 0 Å². The van der Waals surface area contributed by atoms with E-state index in [0.29, 0.717) is 12.8 Å². The van der Waals surface area contributed by atoms with Crippen LogP contribution in [0.3, 0.4) is 0 Å². The standard InChI is InChI=1S/C7H11BF2.C2H6/c1-6(8)2-4-7(9,10)5-3-6;1-2/h2-5H2,1H3;1-2H3. The lowest BCUT2D eigenvalue weighted by atomic mass is 9.61. The molecule has 0 bridgehead atoms. The van der Waals surface area contributed by atoms with Gasteiger partial charge < -0.3 is 0 Å². The third kappa shape index (κ3) is 4.08. The van der Waals surface area contributed by atoms with E-state index < -0.39 is 5.92 Å². The number of halogens is 2. The number of rotatable bonds is 0. The van der Waals surface area contributed by atoms with Gasteiger partial charge in [-0.25, -0.2) is 8.78 Å². The first-order valence-corrected chi connectivity index (χ1v) is 4.58. The topological polar surface area (TPSA) is 0 Å². The van der Waals surface area contributed by atoms with Crippen LogP contribution in [0.15, 0.2) is 0 Å². The average Bonchev–Trinajstić information content (AvgIpc) is 2.01. The Morgan fingerprint density at radius 1 is 1.00 bits per heavy atom. The van der Waals surface area contributed by atoms with E-state index >= 15 is 0 Å². The lowest BCUT2D eigenvalue weighted by molar-refractivity contribution is -0.0414. The highest BCUT2D eigenvalue weighted by Gasteiger charge is 2.37. The van der Waals surface area contributed by atoms with Gasteiger partial charge in [0.1, 0.15) is 0 Å². The Balaban J connectivity index is 0.000000561. The number of hydrogen-bond acceptors (Lipinski definition) is 0. The molecule has 1 aliphatic rings. The number of alkyl halides is 2. The summed E-state index contributed by atoms with van der Waals surface area (Å²) in [5.74, 6) is -2.45. The zero-order chi connectivity index (χ0) is 9.83. The van der Waals surface area contributed by atoms with Crippen molar-refractivity contribution in [3.63, 3.8) is 0 Å². The monoisotopic (exact) mass is 174 g/mol. The van der Waals surface area contributed by atoms with Crippen molar-refractivity contribution in [3.8, 4) is 0 Å². The fourth-order valence-electron chi connectivity index (χ4n) is 1.19. The van der Waals surface area contributed by atoms with Gasteiger partial charge in [0.15, 0.2) is 0 Å². The Bertz CT molecular complexity index is 104. The zero-order valence-corrected chi connectivity index (χ0v) is 8.16. The van der Waals surface area contributed by atoms with Gasteiger partial charge in [-0.1, -0.05) is 38.9 Å². The van der Waals surface area contributed by atoms with Gasteiger partial charge in [0, 0.05) is 12.8 Å². The molecular formula is C9H17BF2. The zero-order valence-electron chi connectivity index (χ0n) is 8.16. The van der Waals surface area contributed by atoms with Gasteiger partial charge in [-0.2, -0.15) is 0 Å². The van der Waals surface area contributed by atoms with Gasteiger partial charge in [0.2, 0.25) is 5.92 Å². The highest BCUT2D eigenvalue weighted by Crippen LogP contribution is 2.45. The van der Waals surface area contributed by atoms with Gasteiger partial charge >= 0.3 is 0 Å². The largest absolute Gasteiger partial charge is 0.248 e. The maximum Gasteiger partial charge on any atom is 0.248 e. The molecule has 12 heavy (non-hydrogen) atoms. The SMILES string of the molecule is CC.[B]C1(C)CCC(F)(F)CC1. The predicted molar refractivity (Wildman–Crippen MR) is 48.9 cm³/mol. The molecule has 1 saturated carbocycles. The smallest absolute Gasteiger partial charge is 0.207 e. The third-order valence-corrected chi connectivity index (χ3v) is 2.12. The molecule has 1 fully saturated rings. The first-order chi connectivity index (χ1) is 5.41. The minimum absolute atomic E-state index is 0.0417. The van der Waals surface area contributed by atoms with Crippen LogP contribution in [0.5, 0.6) is 0 Å². The van der Waals surface area contributed by atoms with Crippen LogP contribution in [-0.4, -0.2) is 13.8 Å². The summed E-state index contributed by atoms with van der Waals surface area (Å²) in [6, 6.07) is 0. The summed E-state index contributed by atoms with van der Waals surface area (Å²) in [7, 11) is 5.67. The molecule has 0 atom stereocenters. The average molecular weight is 174 g/mol. The molecule has 0 N–H and O–H groups in total. The minimum atomic E-state index is -2.45. The molecule has 0 spiro atoms. The summed E-state index contributed by atoms with van der Waals surface area (Å²) >= 11 is 0. The van der Waals surface area contributed by atoms with E-state index in [9.17, 15) is 8.78 Å². The maximum atomic E-state index is 12.5. The highest BCUT2D eigenvalue weighted by molar-refractivity contribution is 6.14. The van der Waals surface area contributed by atoms with E-state index in [2.05, 4.69) is 0 Å². The van der Waals surface area contributed by atoms with E-state index in [1.807, 2.05) is 20.8 Å². The Labute approximate surface area is 75.1 Å². The second kappa shape index (κ2) is 4.24. The fraction of sp³-hybridized carbons (Fsp3) is 1.00. The Morgan fingerprint density at radius 3 is 1.58 bits per heavy atom. The fourth-order valence-corrected chi connectivity index (χ4v) is 1.19. The molecule has 70 valence electrons. The highest BCUT2D eigenvalue weighted by atomic mass is 19.3. The second-order valence-corrected chi connectivity index (χ2v) is 3.51. The van der Waals surface area contributed by atoms with Crippen molar-refractivity contribution < 1.29 is 8.78 Å². The third-order valence-electron chi connectivity index (χ3n) is 2.12. The Kier molecular flexibility index (Phi) is 4.22. The van der Waals surface area contributed by atoms with Crippen LogP contribution < -0.4 is 0 Å². The van der Waals surface area contributed by atoms with Crippen LogP contribution in [0.1, 0.15) is 46.5 Å². The van der Waals surface area contributed by atoms with Gasteiger partial charge in [0.25, 0.3) is 0 Å². The molecular weight excluding hydrogens is 157 g/mol. The number of hydrogen-bond donors (Lipinski definition) is 0. The van der Waals surface area contributed by atoms with E-state index in [0.717, 1.165) is 0 Å². The molecule has 1 rings (SSSR count). The summed E-state index contributed by atoms with van der Waals surface area (Å²) < 4.78 is 25.0. The summed E-state index contributed by atoms with van der Waals surface area (Å²) in [6.07, 6.45) is 0.806. The lowest BCUT2D eigenvalue weighted by Crippen LogP contribution is -2.27. The molecule has 0 aromatic carbocycles. The molecule has 0 nitrogen and oxygen atoms in total. The summed E-state index contributed by atoms with van der Waals surface area (Å²) in [4.78, 5) is 0. The van der Waals surface area contributed by atoms with E-state index in [1.54, 1.807) is 0 Å². The molecule has 1 aliphatic carbocycles. The predicted octanol–water partition coefficient (Wildman–Crippen LogP) is 3.57. The summed E-state index contributed by atoms with van der Waals surface area (Å²) in [5, 5.41) is -0.346. The minimum Gasteiger partial charge on any atom is -0.207 e. The molecule has 0 heterocycles. The van der Waals surface area contributed by atoms with E-state index in [1.165, 1.54) is 0 Å². The first kappa shape index (κ1) is 11.9. The van der Waals surface area contributed by atoms with Gasteiger partial charge in [-0.05, 0) is 0 Å². The van der Waals surface area contributed by atoms with Crippen molar-refractivity contribution >= 4 is 7.85 Å². The normalized spacial score (nSPS) is 25.4. The molecule has 0 saturated heterocycles. The van der Waals surface area contributed by atoms with E-state index in [4.69, 9.17) is 7.85 Å². The Hall–Kier alpha value is -0.0751. The van der Waals surface area contributed by atoms with Gasteiger partial charge in [0.05, 0.1) is 7.85 Å². The molecule has 3 heteroatoms. The van der Waals surface area contributed by atoms with Gasteiger partial charge in [-0.15, -0.1) is 0 Å². The van der Waals surface area contributed by atoms with Crippen LogP contribution >= 0.6 is 0 Å².